The van der Waals surface area contributed by atoms with E-state index < -0.39 is 0 Å². The molecule has 6 heteroatoms. The Labute approximate surface area is 131 Å². The first-order valence-corrected chi connectivity index (χ1v) is 7.87. The number of nitrogens with zero attached hydrogens (tertiary/aromatic N) is 1. The second kappa shape index (κ2) is 6.59. The second-order valence-electron chi connectivity index (χ2n) is 4.68. The molecule has 20 heavy (non-hydrogen) atoms. The summed E-state index contributed by atoms with van der Waals surface area (Å²) in [5.74, 6) is -0.0104. The number of halogens is 2. The van der Waals surface area contributed by atoms with Crippen LogP contribution in [0, 0.1) is 0 Å². The van der Waals surface area contributed by atoms with Gasteiger partial charge in [0, 0.05) is 18.7 Å². The van der Waals surface area contributed by atoms with Gasteiger partial charge >= 0.3 is 0 Å². The van der Waals surface area contributed by atoms with Crippen LogP contribution in [-0.2, 0) is 9.59 Å². The highest BCUT2D eigenvalue weighted by molar-refractivity contribution is 9.10. The van der Waals surface area contributed by atoms with Crippen molar-refractivity contribution in [2.75, 3.05) is 16.8 Å². The molecule has 1 aromatic rings. The minimum Gasteiger partial charge on any atom is -0.325 e. The Balaban J connectivity index is 2.13. The van der Waals surface area contributed by atoms with Crippen molar-refractivity contribution in [2.45, 2.75) is 31.0 Å². The minimum atomic E-state index is -0.221. The van der Waals surface area contributed by atoms with Crippen molar-refractivity contribution in [1.82, 2.24) is 0 Å². The molecule has 0 radical (unpaired) electrons. The first-order chi connectivity index (χ1) is 9.52. The van der Waals surface area contributed by atoms with Crippen molar-refractivity contribution in [2.24, 2.45) is 0 Å². The van der Waals surface area contributed by atoms with E-state index in [0.717, 1.165) is 6.42 Å². The average Bonchev–Trinajstić information content (AvgIpc) is 2.84. The number of amides is 2. The van der Waals surface area contributed by atoms with Crippen LogP contribution < -0.4 is 10.2 Å². The number of carbonyl (C=O) groups is 2. The van der Waals surface area contributed by atoms with Crippen molar-refractivity contribution in [3.05, 3.63) is 23.2 Å². The van der Waals surface area contributed by atoms with Gasteiger partial charge in [0.05, 0.1) is 15.5 Å². The molecule has 0 spiro atoms. The molecule has 1 fully saturated rings. The van der Waals surface area contributed by atoms with Crippen LogP contribution in [0.3, 0.4) is 0 Å². The molecule has 1 atom stereocenters. The molecule has 0 bridgehead atoms. The van der Waals surface area contributed by atoms with Crippen LogP contribution in [0.5, 0.6) is 0 Å². The maximum atomic E-state index is 11.8. The van der Waals surface area contributed by atoms with Gasteiger partial charge in [0.25, 0.3) is 0 Å². The highest BCUT2D eigenvalue weighted by Gasteiger charge is 2.23. The molecule has 1 aromatic carbocycles. The van der Waals surface area contributed by atoms with E-state index in [9.17, 15) is 9.59 Å². The molecular formula is C14H16BrClN2O2. The summed E-state index contributed by atoms with van der Waals surface area (Å²) < 4.78 is 0. The van der Waals surface area contributed by atoms with Crippen LogP contribution in [0.25, 0.3) is 0 Å². The lowest BCUT2D eigenvalue weighted by atomic mass is 10.2. The van der Waals surface area contributed by atoms with Crippen molar-refractivity contribution >= 4 is 50.7 Å². The lowest BCUT2D eigenvalue weighted by Gasteiger charge is -2.18. The fourth-order valence-electron chi connectivity index (χ4n) is 2.11. The minimum absolute atomic E-state index is 0.0928. The number of benzene rings is 1. The van der Waals surface area contributed by atoms with Gasteiger partial charge in [0.1, 0.15) is 0 Å². The topological polar surface area (TPSA) is 49.4 Å². The van der Waals surface area contributed by atoms with E-state index in [1.165, 1.54) is 0 Å². The summed E-state index contributed by atoms with van der Waals surface area (Å²) in [6, 6.07) is 5.21. The Morgan fingerprint density at radius 1 is 1.55 bits per heavy atom. The molecule has 0 saturated carbocycles. The maximum Gasteiger partial charge on any atom is 0.238 e. The highest BCUT2D eigenvalue weighted by atomic mass is 79.9. The molecule has 1 aliphatic heterocycles. The number of hydrogen-bond donors (Lipinski definition) is 1. The van der Waals surface area contributed by atoms with Crippen LogP contribution in [0.1, 0.15) is 26.2 Å². The van der Waals surface area contributed by atoms with E-state index >= 15 is 0 Å². The van der Waals surface area contributed by atoms with Crippen LogP contribution >= 0.6 is 27.5 Å². The number of nitrogens with one attached hydrogen (secondary N) is 1. The van der Waals surface area contributed by atoms with Gasteiger partial charge < -0.3 is 10.2 Å². The fraction of sp³-hybridized carbons (Fsp3) is 0.429. The van der Waals surface area contributed by atoms with Crippen LogP contribution in [0.4, 0.5) is 11.4 Å². The zero-order valence-electron chi connectivity index (χ0n) is 11.2. The third-order valence-electron chi connectivity index (χ3n) is 3.22. The molecular weight excluding hydrogens is 344 g/mol. The van der Waals surface area contributed by atoms with Crippen molar-refractivity contribution < 1.29 is 9.59 Å². The van der Waals surface area contributed by atoms with Crippen molar-refractivity contribution in [1.29, 1.82) is 0 Å². The highest BCUT2D eigenvalue weighted by Crippen LogP contribution is 2.31. The monoisotopic (exact) mass is 358 g/mol. The van der Waals surface area contributed by atoms with E-state index in [1.807, 2.05) is 6.92 Å². The average molecular weight is 360 g/mol. The zero-order chi connectivity index (χ0) is 14.7. The Bertz CT molecular complexity index is 536. The van der Waals surface area contributed by atoms with Crippen LogP contribution in [0.2, 0.25) is 5.02 Å². The number of anilines is 2. The number of hydrogen-bond acceptors (Lipinski definition) is 2. The van der Waals surface area contributed by atoms with Gasteiger partial charge in [-0.15, -0.1) is 0 Å². The lowest BCUT2D eigenvalue weighted by molar-refractivity contribution is -0.117. The van der Waals surface area contributed by atoms with Gasteiger partial charge in [-0.05, 0) is 31.0 Å². The molecule has 2 rings (SSSR count). The summed E-state index contributed by atoms with van der Waals surface area (Å²) in [4.78, 5) is 25.0. The summed E-state index contributed by atoms with van der Waals surface area (Å²) in [5.41, 5.74) is 1.34. The Hall–Kier alpha value is -1.07. The van der Waals surface area contributed by atoms with Crippen LogP contribution in [-0.4, -0.2) is 23.2 Å². The summed E-state index contributed by atoms with van der Waals surface area (Å²) >= 11 is 9.51. The van der Waals surface area contributed by atoms with Gasteiger partial charge in [0.15, 0.2) is 0 Å². The summed E-state index contributed by atoms with van der Waals surface area (Å²) in [6.07, 6.45) is 2.13. The van der Waals surface area contributed by atoms with Crippen molar-refractivity contribution in [3.8, 4) is 0 Å². The standard InChI is InChI=1S/C14H16BrClN2O2/c1-2-10(15)14(20)17-9-5-6-12(11(16)8-9)18-7-3-4-13(18)19/h5-6,8,10H,2-4,7H2,1H3,(H,17,20). The molecule has 1 unspecified atom stereocenters. The van der Waals surface area contributed by atoms with E-state index in [0.29, 0.717) is 35.8 Å². The molecule has 2 amide bonds. The second-order valence-corrected chi connectivity index (χ2v) is 6.19. The molecule has 1 saturated heterocycles. The number of rotatable bonds is 4. The van der Waals surface area contributed by atoms with Crippen LogP contribution in [0.15, 0.2) is 18.2 Å². The molecule has 0 aliphatic carbocycles. The largest absolute Gasteiger partial charge is 0.325 e. The first-order valence-electron chi connectivity index (χ1n) is 6.57. The van der Waals surface area contributed by atoms with E-state index in [2.05, 4.69) is 21.2 Å². The molecule has 108 valence electrons. The predicted molar refractivity (Wildman–Crippen MR) is 84.7 cm³/mol. The molecule has 1 N–H and O–H groups in total. The van der Waals surface area contributed by atoms with E-state index in [-0.39, 0.29) is 16.6 Å². The van der Waals surface area contributed by atoms with Gasteiger partial charge in [-0.25, -0.2) is 0 Å². The Kier molecular flexibility index (Phi) is 5.05. The first kappa shape index (κ1) is 15.3. The molecule has 1 aliphatic rings. The quantitative estimate of drug-likeness (QED) is 0.835. The molecule has 0 aromatic heterocycles. The number of alkyl halides is 1. The Morgan fingerprint density at radius 2 is 2.30 bits per heavy atom. The third-order valence-corrected chi connectivity index (χ3v) is 4.59. The molecule has 1 heterocycles. The smallest absolute Gasteiger partial charge is 0.238 e. The normalized spacial score (nSPS) is 16.4. The lowest BCUT2D eigenvalue weighted by Crippen LogP contribution is -2.24. The molecule has 4 nitrogen and oxygen atoms in total. The Morgan fingerprint density at radius 3 is 2.85 bits per heavy atom. The van der Waals surface area contributed by atoms with E-state index in [4.69, 9.17) is 11.6 Å². The summed E-state index contributed by atoms with van der Waals surface area (Å²) in [6.45, 7) is 2.62. The zero-order valence-corrected chi connectivity index (χ0v) is 13.5. The number of carbonyl (C=O) groups excluding carboxylic acids is 2. The van der Waals surface area contributed by atoms with Gasteiger partial charge in [-0.3, -0.25) is 9.59 Å². The van der Waals surface area contributed by atoms with Crippen molar-refractivity contribution in [3.63, 3.8) is 0 Å². The third kappa shape index (κ3) is 3.33. The van der Waals surface area contributed by atoms with E-state index in [1.54, 1.807) is 23.1 Å². The van der Waals surface area contributed by atoms with Gasteiger partial charge in [0.2, 0.25) is 11.8 Å². The predicted octanol–water partition coefficient (Wildman–Crippen LogP) is 3.58. The SMILES string of the molecule is CCC(Br)C(=O)Nc1ccc(N2CCCC2=O)c(Cl)c1. The summed E-state index contributed by atoms with van der Waals surface area (Å²) in [5, 5.41) is 3.26. The fourth-order valence-corrected chi connectivity index (χ4v) is 2.51. The van der Waals surface area contributed by atoms with Gasteiger partial charge in [-0.2, -0.15) is 0 Å². The van der Waals surface area contributed by atoms with Gasteiger partial charge in [-0.1, -0.05) is 34.5 Å². The summed E-state index contributed by atoms with van der Waals surface area (Å²) in [7, 11) is 0. The maximum absolute atomic E-state index is 11.8.